The minimum Gasteiger partial charge on any atom is -0.508 e. The number of phenolic OH excluding ortho intramolecular Hbond substituents is 1. The minimum absolute atomic E-state index is 0.0308. The lowest BCUT2D eigenvalue weighted by Gasteiger charge is -2.35. The predicted molar refractivity (Wildman–Crippen MR) is 174 cm³/mol. The Bertz CT molecular complexity index is 1400. The van der Waals surface area contributed by atoms with E-state index in [1.807, 2.05) is 26.0 Å². The molecule has 1 fully saturated rings. The van der Waals surface area contributed by atoms with Crippen LogP contribution in [0.3, 0.4) is 0 Å². The molecule has 1 saturated heterocycles. The van der Waals surface area contributed by atoms with Gasteiger partial charge >= 0.3 is 5.97 Å². The summed E-state index contributed by atoms with van der Waals surface area (Å²) in [4.78, 5) is 58.9. The van der Waals surface area contributed by atoms with Gasteiger partial charge in [0, 0.05) is 32.0 Å². The Morgan fingerprint density at radius 2 is 1.83 bits per heavy atom. The molecule has 3 heterocycles. The highest BCUT2D eigenvalue weighted by Gasteiger charge is 2.36. The lowest BCUT2D eigenvalue weighted by molar-refractivity contribution is -0.154. The van der Waals surface area contributed by atoms with Crippen LogP contribution in [0.15, 0.2) is 42.6 Å². The van der Waals surface area contributed by atoms with Crippen LogP contribution in [0.25, 0.3) is 0 Å². The number of hydrogen-bond donors (Lipinski definition) is 4. The molecule has 1 aromatic heterocycles. The number of benzene rings is 1. The van der Waals surface area contributed by atoms with Crippen molar-refractivity contribution < 1.29 is 33.8 Å². The van der Waals surface area contributed by atoms with Crippen LogP contribution in [-0.2, 0) is 48.1 Å². The van der Waals surface area contributed by atoms with Crippen LogP contribution in [0.4, 0.5) is 0 Å². The van der Waals surface area contributed by atoms with Gasteiger partial charge < -0.3 is 25.2 Å². The topological polar surface area (TPSA) is 159 Å². The molecule has 6 atom stereocenters. The molecular weight excluding hydrogens is 602 g/mol. The van der Waals surface area contributed by atoms with E-state index in [0.717, 1.165) is 17.7 Å². The molecule has 4 N–H and O–H groups in total. The van der Waals surface area contributed by atoms with E-state index >= 15 is 0 Å². The lowest BCUT2D eigenvalue weighted by Crippen LogP contribution is -2.62. The fourth-order valence-corrected chi connectivity index (χ4v) is 6.14. The molecule has 2 unspecified atom stereocenters. The first-order valence-electron chi connectivity index (χ1n) is 16.5. The van der Waals surface area contributed by atoms with Crippen molar-refractivity contribution in [2.45, 2.75) is 97.1 Å². The first-order chi connectivity index (χ1) is 22.4. The molecule has 0 spiro atoms. The Morgan fingerprint density at radius 1 is 1.04 bits per heavy atom. The number of rotatable bonds is 4. The molecular formula is C35H49N5O7. The maximum atomic E-state index is 14.0. The number of hydrogen-bond acceptors (Lipinski definition) is 9. The van der Waals surface area contributed by atoms with Crippen LogP contribution in [0, 0.1) is 17.8 Å². The summed E-state index contributed by atoms with van der Waals surface area (Å²) in [7, 11) is 1.58. The van der Waals surface area contributed by atoms with E-state index in [1.54, 1.807) is 32.4 Å². The molecule has 3 amide bonds. The third kappa shape index (κ3) is 9.98. The van der Waals surface area contributed by atoms with E-state index in [1.165, 1.54) is 17.1 Å². The molecule has 0 saturated carbocycles. The van der Waals surface area contributed by atoms with Crippen molar-refractivity contribution >= 4 is 23.7 Å². The monoisotopic (exact) mass is 651 g/mol. The molecule has 256 valence electrons. The van der Waals surface area contributed by atoms with Crippen LogP contribution in [0.5, 0.6) is 5.75 Å². The van der Waals surface area contributed by atoms with Crippen LogP contribution in [0.2, 0.25) is 0 Å². The summed E-state index contributed by atoms with van der Waals surface area (Å²) in [6.45, 7) is 7.96. The van der Waals surface area contributed by atoms with Crippen molar-refractivity contribution in [3.8, 4) is 5.75 Å². The fourth-order valence-electron chi connectivity index (χ4n) is 6.14. The summed E-state index contributed by atoms with van der Waals surface area (Å²) >= 11 is 0. The van der Waals surface area contributed by atoms with E-state index in [4.69, 9.17) is 9.47 Å². The lowest BCUT2D eigenvalue weighted by atomic mass is 9.92. The smallest absolute Gasteiger partial charge is 0.325 e. The number of nitrogens with zero attached hydrogens (tertiary/aromatic N) is 2. The third-order valence-corrected chi connectivity index (χ3v) is 8.99. The van der Waals surface area contributed by atoms with Crippen molar-refractivity contribution in [2.75, 3.05) is 13.7 Å². The quantitative estimate of drug-likeness (QED) is 0.365. The number of aromatic hydroxyl groups is 1. The first kappa shape index (κ1) is 35.8. The van der Waals surface area contributed by atoms with E-state index < -0.39 is 41.8 Å². The van der Waals surface area contributed by atoms with Gasteiger partial charge in [0.1, 0.15) is 30.5 Å². The molecule has 4 bridgehead atoms. The number of nitrogens with one attached hydrogen (secondary N) is 3. The van der Waals surface area contributed by atoms with Gasteiger partial charge in [0.15, 0.2) is 0 Å². The zero-order valence-corrected chi connectivity index (χ0v) is 28.0. The molecule has 47 heavy (non-hydrogen) atoms. The third-order valence-electron chi connectivity index (χ3n) is 8.99. The molecule has 12 heteroatoms. The first-order valence-corrected chi connectivity index (χ1v) is 16.5. The molecule has 2 aliphatic heterocycles. The summed E-state index contributed by atoms with van der Waals surface area (Å²) in [5, 5.41) is 17.2. The highest BCUT2D eigenvalue weighted by molar-refractivity contribution is 5.93. The Hall–Kier alpha value is -4.03. The number of cyclic esters (lactones) is 1. The van der Waals surface area contributed by atoms with Gasteiger partial charge in [0.2, 0.25) is 11.8 Å². The average Bonchev–Trinajstić information content (AvgIpc) is 3.05. The van der Waals surface area contributed by atoms with E-state index in [-0.39, 0.29) is 42.6 Å². The van der Waals surface area contributed by atoms with Gasteiger partial charge in [-0.15, -0.1) is 0 Å². The molecule has 1 aromatic carbocycles. The standard InChI is InChI=1S/C35H49N5O7/c1-21(2)31-33(43)37-29(19-24-8-6-9-27(41)18-24)34(44)40-15-7-10-28(39-40)35(45)47-20-25-13-14-36-26(17-25)16-22(3)11-12-30(46-5)23(4)32(42)38-31/h6,8-9,13-14,17-18,21-23,28-31,39,41H,7,10-12,15-16,19-20H2,1-5H3,(H,37,43)(H,38,42)/t22?,23-,28+,29?,30-,31+/m1/s1. The Kier molecular flexibility index (Phi) is 12.7. The summed E-state index contributed by atoms with van der Waals surface area (Å²) in [6.07, 6.45) is 4.57. The number of hydrazine groups is 1. The highest BCUT2D eigenvalue weighted by Crippen LogP contribution is 2.21. The van der Waals surface area contributed by atoms with Gasteiger partial charge in [-0.25, -0.2) is 5.43 Å². The zero-order valence-electron chi connectivity index (χ0n) is 28.0. The van der Waals surface area contributed by atoms with Crippen molar-refractivity contribution in [1.82, 2.24) is 26.1 Å². The Balaban J connectivity index is 1.64. The number of pyridine rings is 1. The average molecular weight is 652 g/mol. The van der Waals surface area contributed by atoms with E-state index in [9.17, 15) is 24.3 Å². The normalized spacial score (nSPS) is 27.2. The molecule has 0 aliphatic carbocycles. The van der Waals surface area contributed by atoms with Crippen molar-refractivity contribution in [3.63, 3.8) is 0 Å². The summed E-state index contributed by atoms with van der Waals surface area (Å²) in [6, 6.07) is 7.50. The number of carbonyl (C=O) groups is 4. The second kappa shape index (κ2) is 16.7. The molecule has 2 aliphatic rings. The summed E-state index contributed by atoms with van der Waals surface area (Å²) in [5.74, 6) is -2.29. The number of aromatic nitrogens is 1. The molecule has 12 nitrogen and oxygen atoms in total. The van der Waals surface area contributed by atoms with Crippen LogP contribution in [-0.4, -0.2) is 76.7 Å². The van der Waals surface area contributed by atoms with E-state index in [2.05, 4.69) is 28.0 Å². The van der Waals surface area contributed by atoms with Crippen molar-refractivity contribution in [3.05, 3.63) is 59.4 Å². The van der Waals surface area contributed by atoms with Crippen LogP contribution in [0.1, 0.15) is 70.2 Å². The van der Waals surface area contributed by atoms with Crippen LogP contribution >= 0.6 is 0 Å². The number of fused-ring (bicyclic) bond motifs is 4. The second-order valence-corrected chi connectivity index (χ2v) is 13.2. The summed E-state index contributed by atoms with van der Waals surface area (Å²) in [5.41, 5.74) is 5.34. The second-order valence-electron chi connectivity index (χ2n) is 13.2. The van der Waals surface area contributed by atoms with Gasteiger partial charge in [-0.3, -0.25) is 29.2 Å². The number of carbonyl (C=O) groups excluding carboxylic acids is 4. The fraction of sp³-hybridized carbons (Fsp3) is 0.571. The van der Waals surface area contributed by atoms with Gasteiger partial charge in [-0.2, -0.15) is 0 Å². The number of methoxy groups -OCH3 is 1. The van der Waals surface area contributed by atoms with Gasteiger partial charge in [0.25, 0.3) is 5.91 Å². The predicted octanol–water partition coefficient (Wildman–Crippen LogP) is 2.82. The van der Waals surface area contributed by atoms with Gasteiger partial charge in [-0.05, 0) is 79.3 Å². The molecule has 0 radical (unpaired) electrons. The molecule has 2 aromatic rings. The minimum atomic E-state index is -1.05. The summed E-state index contributed by atoms with van der Waals surface area (Å²) < 4.78 is 11.4. The number of esters is 1. The highest BCUT2D eigenvalue weighted by atomic mass is 16.5. The van der Waals surface area contributed by atoms with Crippen molar-refractivity contribution in [2.24, 2.45) is 17.8 Å². The number of ether oxygens (including phenoxy) is 2. The largest absolute Gasteiger partial charge is 0.508 e. The number of amides is 3. The van der Waals surface area contributed by atoms with Crippen LogP contribution < -0.4 is 16.1 Å². The Labute approximate surface area is 277 Å². The van der Waals surface area contributed by atoms with Gasteiger partial charge in [0.05, 0.1) is 12.0 Å². The van der Waals surface area contributed by atoms with Gasteiger partial charge in [-0.1, -0.05) is 39.8 Å². The molecule has 4 rings (SSSR count). The maximum Gasteiger partial charge on any atom is 0.325 e. The SMILES string of the molecule is CO[C@@H]1CCC(C)Cc2cc(ccn2)COC(=O)[C@@H]2CCCN(N2)C(=O)C(Cc2cccc(O)c2)NC(=O)[C@H](C(C)C)NC(=O)[C@@H]1C. The van der Waals surface area contributed by atoms with Crippen molar-refractivity contribution in [1.29, 1.82) is 0 Å². The van der Waals surface area contributed by atoms with E-state index in [0.29, 0.717) is 37.8 Å². The zero-order chi connectivity index (χ0) is 34.1. The Morgan fingerprint density at radius 3 is 2.55 bits per heavy atom. The number of phenols is 1. The maximum absolute atomic E-state index is 14.0.